The van der Waals surface area contributed by atoms with E-state index in [0.717, 1.165) is 23.7 Å². The summed E-state index contributed by atoms with van der Waals surface area (Å²) in [5.74, 6) is 3.16. The van der Waals surface area contributed by atoms with Crippen LogP contribution in [0.4, 0.5) is 0 Å². The van der Waals surface area contributed by atoms with Crippen LogP contribution < -0.4 is 0 Å². The van der Waals surface area contributed by atoms with Gasteiger partial charge in [-0.1, -0.05) is 155 Å². The third-order valence-electron chi connectivity index (χ3n) is 9.65. The molecule has 37 heavy (non-hydrogen) atoms. The maximum absolute atomic E-state index is 2.51. The third-order valence-corrected chi connectivity index (χ3v) is 9.65. The zero-order valence-electron chi connectivity index (χ0n) is 25.9. The van der Waals surface area contributed by atoms with Gasteiger partial charge < -0.3 is 0 Å². The largest absolute Gasteiger partial charge is 0.0654 e. The van der Waals surface area contributed by atoms with Gasteiger partial charge in [0.25, 0.3) is 0 Å². The van der Waals surface area contributed by atoms with Gasteiger partial charge in [-0.25, -0.2) is 0 Å². The molecule has 2 aromatic carbocycles. The average molecular weight is 505 g/mol. The monoisotopic (exact) mass is 504 g/mol. The number of hydrogen-bond acceptors (Lipinski definition) is 0. The second kappa shape index (κ2) is 15.8. The molecule has 0 aliphatic rings. The van der Waals surface area contributed by atoms with Crippen molar-refractivity contribution < 1.29 is 0 Å². The van der Waals surface area contributed by atoms with Crippen molar-refractivity contribution in [2.75, 3.05) is 0 Å². The molecule has 0 saturated carbocycles. The molecule has 0 aliphatic carbocycles. The Balaban J connectivity index is 2.25. The molecule has 0 saturated heterocycles. The van der Waals surface area contributed by atoms with Gasteiger partial charge in [-0.2, -0.15) is 0 Å². The van der Waals surface area contributed by atoms with Gasteiger partial charge in [0.05, 0.1) is 0 Å². The molecule has 0 nitrogen and oxygen atoms in total. The van der Waals surface area contributed by atoms with Crippen molar-refractivity contribution in [3.63, 3.8) is 0 Å². The third kappa shape index (κ3) is 9.30. The SMILES string of the molecule is CCCC(CC(CCC)CC(CCC)C(C)(C)c1ccccc1)CC(CCC)C(C)(C)c1ccccc1. The summed E-state index contributed by atoms with van der Waals surface area (Å²) in [6.45, 7) is 19.6. The van der Waals surface area contributed by atoms with Gasteiger partial charge in [0.2, 0.25) is 0 Å². The van der Waals surface area contributed by atoms with Gasteiger partial charge in [0.1, 0.15) is 0 Å². The topological polar surface area (TPSA) is 0 Å². The number of benzene rings is 2. The van der Waals surface area contributed by atoms with Crippen LogP contribution in [0.2, 0.25) is 0 Å². The van der Waals surface area contributed by atoms with E-state index in [0.29, 0.717) is 0 Å². The summed E-state index contributed by atoms with van der Waals surface area (Å²) in [6.07, 6.45) is 14.8. The summed E-state index contributed by atoms with van der Waals surface area (Å²) in [4.78, 5) is 0. The molecule has 0 bridgehead atoms. The van der Waals surface area contributed by atoms with Gasteiger partial charge in [-0.05, 0) is 77.7 Å². The fourth-order valence-electron chi connectivity index (χ4n) is 7.21. The van der Waals surface area contributed by atoms with Crippen LogP contribution in [-0.2, 0) is 10.8 Å². The first-order valence-electron chi connectivity index (χ1n) is 15.8. The zero-order valence-corrected chi connectivity index (χ0v) is 25.9. The van der Waals surface area contributed by atoms with E-state index in [-0.39, 0.29) is 10.8 Å². The van der Waals surface area contributed by atoms with E-state index < -0.39 is 0 Å². The Bertz CT molecular complexity index is 759. The fraction of sp³-hybridized carbons (Fsp3) is 0.676. The minimum absolute atomic E-state index is 0.226. The number of hydrogen-bond donors (Lipinski definition) is 0. The van der Waals surface area contributed by atoms with E-state index in [4.69, 9.17) is 0 Å². The van der Waals surface area contributed by atoms with Crippen LogP contribution in [0.25, 0.3) is 0 Å². The fourth-order valence-corrected chi connectivity index (χ4v) is 7.21. The molecule has 0 heteroatoms. The molecule has 0 N–H and O–H groups in total. The first-order chi connectivity index (χ1) is 17.7. The molecule has 0 heterocycles. The average Bonchev–Trinajstić information content (AvgIpc) is 2.89. The summed E-state index contributed by atoms with van der Waals surface area (Å²) in [5, 5.41) is 0. The molecular formula is C37H60. The van der Waals surface area contributed by atoms with Gasteiger partial charge in [-0.15, -0.1) is 0 Å². The lowest BCUT2D eigenvalue weighted by Gasteiger charge is -2.40. The summed E-state index contributed by atoms with van der Waals surface area (Å²) in [5.41, 5.74) is 3.48. The molecule has 4 atom stereocenters. The Morgan fingerprint density at radius 3 is 1.08 bits per heavy atom. The lowest BCUT2D eigenvalue weighted by Crippen LogP contribution is -2.32. The minimum atomic E-state index is 0.226. The van der Waals surface area contributed by atoms with Crippen molar-refractivity contribution in [3.05, 3.63) is 71.8 Å². The summed E-state index contributed by atoms with van der Waals surface area (Å²) < 4.78 is 0. The molecule has 0 aromatic heterocycles. The molecule has 0 fully saturated rings. The second-order valence-corrected chi connectivity index (χ2v) is 13.2. The van der Waals surface area contributed by atoms with Crippen LogP contribution in [0.3, 0.4) is 0 Å². The molecule has 0 radical (unpaired) electrons. The maximum atomic E-state index is 2.51. The molecule has 4 unspecified atom stereocenters. The van der Waals surface area contributed by atoms with E-state index in [1.807, 2.05) is 0 Å². The quantitative estimate of drug-likeness (QED) is 0.189. The first kappa shape index (κ1) is 31.7. The second-order valence-electron chi connectivity index (χ2n) is 13.2. The highest BCUT2D eigenvalue weighted by atomic mass is 14.4. The lowest BCUT2D eigenvalue weighted by atomic mass is 9.65. The normalized spacial score (nSPS) is 15.8. The summed E-state index contributed by atoms with van der Waals surface area (Å²) in [6, 6.07) is 22.7. The van der Waals surface area contributed by atoms with E-state index >= 15 is 0 Å². The van der Waals surface area contributed by atoms with Crippen molar-refractivity contribution in [3.8, 4) is 0 Å². The van der Waals surface area contributed by atoms with Crippen molar-refractivity contribution in [2.45, 2.75) is 137 Å². The Morgan fingerprint density at radius 1 is 0.459 bits per heavy atom. The Kier molecular flexibility index (Phi) is 13.5. The van der Waals surface area contributed by atoms with Crippen molar-refractivity contribution in [1.82, 2.24) is 0 Å². The van der Waals surface area contributed by atoms with E-state index in [1.54, 1.807) is 0 Å². The Morgan fingerprint density at radius 2 is 0.784 bits per heavy atom. The highest BCUT2D eigenvalue weighted by molar-refractivity contribution is 5.25. The van der Waals surface area contributed by atoms with Crippen LogP contribution in [0, 0.1) is 23.7 Å². The lowest BCUT2D eigenvalue weighted by molar-refractivity contribution is 0.175. The highest BCUT2D eigenvalue weighted by Crippen LogP contribution is 2.44. The Hall–Kier alpha value is -1.56. The zero-order chi connectivity index (χ0) is 27.3. The van der Waals surface area contributed by atoms with Crippen LogP contribution in [-0.4, -0.2) is 0 Å². The van der Waals surface area contributed by atoms with Crippen molar-refractivity contribution in [1.29, 1.82) is 0 Å². The maximum Gasteiger partial charge on any atom is -0.00752 e. The van der Waals surface area contributed by atoms with Crippen molar-refractivity contribution in [2.24, 2.45) is 23.7 Å². The van der Waals surface area contributed by atoms with Gasteiger partial charge in [-0.3, -0.25) is 0 Å². The molecule has 2 rings (SSSR count). The smallest absolute Gasteiger partial charge is 0.00752 e. The Labute approximate surface area is 232 Å². The van der Waals surface area contributed by atoms with Gasteiger partial charge in [0.15, 0.2) is 0 Å². The van der Waals surface area contributed by atoms with Gasteiger partial charge in [0, 0.05) is 0 Å². The van der Waals surface area contributed by atoms with E-state index in [2.05, 4.69) is 116 Å². The van der Waals surface area contributed by atoms with Crippen LogP contribution in [0.15, 0.2) is 60.7 Å². The summed E-state index contributed by atoms with van der Waals surface area (Å²) in [7, 11) is 0. The summed E-state index contributed by atoms with van der Waals surface area (Å²) >= 11 is 0. The van der Waals surface area contributed by atoms with E-state index in [9.17, 15) is 0 Å². The molecule has 0 aliphatic heterocycles. The van der Waals surface area contributed by atoms with Gasteiger partial charge >= 0.3 is 0 Å². The highest BCUT2D eigenvalue weighted by Gasteiger charge is 2.35. The molecule has 208 valence electrons. The number of rotatable bonds is 18. The van der Waals surface area contributed by atoms with Crippen LogP contribution >= 0.6 is 0 Å². The van der Waals surface area contributed by atoms with Crippen LogP contribution in [0.5, 0.6) is 0 Å². The van der Waals surface area contributed by atoms with E-state index in [1.165, 1.54) is 81.8 Å². The van der Waals surface area contributed by atoms with Crippen molar-refractivity contribution >= 4 is 0 Å². The van der Waals surface area contributed by atoms with Crippen LogP contribution in [0.1, 0.15) is 137 Å². The molecule has 2 aromatic rings. The predicted octanol–water partition coefficient (Wildman–Crippen LogP) is 11.8. The molecule has 0 spiro atoms. The standard InChI is InChI=1S/C37H60/c1-9-19-30(28-34(21-11-3)36(5,6)32-23-15-13-16-24-32)27-31(20-10-2)29-35(22-12-4)37(7,8)33-25-17-14-18-26-33/h13-18,23-26,30-31,34-35H,9-12,19-22,27-29H2,1-8H3. The first-order valence-corrected chi connectivity index (χ1v) is 15.8. The molecular weight excluding hydrogens is 444 g/mol. The predicted molar refractivity (Wildman–Crippen MR) is 166 cm³/mol. The minimum Gasteiger partial charge on any atom is -0.0654 e. The molecule has 0 amide bonds.